The zero-order valence-corrected chi connectivity index (χ0v) is 10.4. The van der Waals surface area contributed by atoms with Gasteiger partial charge in [-0.3, -0.25) is 4.79 Å². The van der Waals surface area contributed by atoms with Gasteiger partial charge >= 0.3 is 0 Å². The summed E-state index contributed by atoms with van der Waals surface area (Å²) in [6.45, 7) is 4.61. The largest absolute Gasteiger partial charge is 0.368 e. The first-order chi connectivity index (χ1) is 8.22. The minimum Gasteiger partial charge on any atom is -0.368 e. The van der Waals surface area contributed by atoms with Crippen LogP contribution in [0.25, 0.3) is 0 Å². The Balaban J connectivity index is 2.12. The number of piperazine rings is 1. The van der Waals surface area contributed by atoms with Crippen molar-refractivity contribution < 1.29 is 4.79 Å². The van der Waals surface area contributed by atoms with Crippen LogP contribution in [-0.2, 0) is 4.79 Å². The van der Waals surface area contributed by atoms with Crippen LogP contribution in [0.2, 0.25) is 0 Å². The van der Waals surface area contributed by atoms with Gasteiger partial charge in [-0.1, -0.05) is 18.2 Å². The number of nitrogens with zero attached hydrogens (tertiary/aromatic N) is 1. The zero-order valence-electron chi connectivity index (χ0n) is 10.4. The van der Waals surface area contributed by atoms with E-state index in [-0.39, 0.29) is 11.9 Å². The SMILES string of the molecule is CNC(=O)C1CN(c2ccccc2C)CCN1. The summed E-state index contributed by atoms with van der Waals surface area (Å²) in [5.74, 6) is 0.0586. The van der Waals surface area contributed by atoms with Crippen molar-refractivity contribution >= 4 is 11.6 Å². The number of hydrogen-bond acceptors (Lipinski definition) is 3. The number of aryl methyl sites for hydroxylation is 1. The Labute approximate surface area is 102 Å². The number of amides is 1. The molecule has 17 heavy (non-hydrogen) atoms. The number of hydrogen-bond donors (Lipinski definition) is 2. The minimum absolute atomic E-state index is 0.0586. The van der Waals surface area contributed by atoms with Crippen molar-refractivity contribution in [2.24, 2.45) is 0 Å². The molecule has 1 heterocycles. The lowest BCUT2D eigenvalue weighted by Crippen LogP contribution is -2.56. The highest BCUT2D eigenvalue weighted by Gasteiger charge is 2.24. The van der Waals surface area contributed by atoms with Crippen LogP contribution in [0.15, 0.2) is 24.3 Å². The summed E-state index contributed by atoms with van der Waals surface area (Å²) in [5.41, 5.74) is 2.48. The molecule has 1 atom stereocenters. The number of anilines is 1. The molecule has 0 bridgehead atoms. The maximum atomic E-state index is 11.6. The van der Waals surface area contributed by atoms with E-state index >= 15 is 0 Å². The van der Waals surface area contributed by atoms with E-state index in [0.717, 1.165) is 19.6 Å². The van der Waals surface area contributed by atoms with Gasteiger partial charge in [-0.25, -0.2) is 0 Å². The summed E-state index contributed by atoms with van der Waals surface area (Å²) >= 11 is 0. The Hall–Kier alpha value is -1.55. The lowest BCUT2D eigenvalue weighted by Gasteiger charge is -2.35. The van der Waals surface area contributed by atoms with Crippen molar-refractivity contribution in [1.29, 1.82) is 0 Å². The molecule has 1 unspecified atom stereocenters. The second kappa shape index (κ2) is 5.19. The van der Waals surface area contributed by atoms with Gasteiger partial charge in [0.2, 0.25) is 5.91 Å². The first-order valence-electron chi connectivity index (χ1n) is 5.98. The molecule has 2 N–H and O–H groups in total. The summed E-state index contributed by atoms with van der Waals surface area (Å²) in [6, 6.07) is 8.18. The van der Waals surface area contributed by atoms with Crippen LogP contribution < -0.4 is 15.5 Å². The van der Waals surface area contributed by atoms with E-state index in [1.54, 1.807) is 7.05 Å². The molecule has 1 amide bonds. The third-order valence-corrected chi connectivity index (χ3v) is 3.19. The molecule has 2 rings (SSSR count). The van der Waals surface area contributed by atoms with Crippen molar-refractivity contribution in [1.82, 2.24) is 10.6 Å². The Bertz CT molecular complexity index is 405. The molecule has 0 aliphatic carbocycles. The summed E-state index contributed by atoms with van der Waals surface area (Å²) < 4.78 is 0. The summed E-state index contributed by atoms with van der Waals surface area (Å²) in [5, 5.41) is 5.93. The van der Waals surface area contributed by atoms with E-state index in [9.17, 15) is 4.79 Å². The maximum absolute atomic E-state index is 11.6. The van der Waals surface area contributed by atoms with Crippen LogP contribution >= 0.6 is 0 Å². The topological polar surface area (TPSA) is 44.4 Å². The molecule has 1 saturated heterocycles. The van der Waals surface area contributed by atoms with Gasteiger partial charge in [-0.05, 0) is 18.6 Å². The molecular weight excluding hydrogens is 214 g/mol. The summed E-state index contributed by atoms with van der Waals surface area (Å²) in [7, 11) is 1.68. The second-order valence-electron chi connectivity index (χ2n) is 4.35. The van der Waals surface area contributed by atoms with Gasteiger partial charge in [0.05, 0.1) is 0 Å². The van der Waals surface area contributed by atoms with Gasteiger partial charge in [0, 0.05) is 32.4 Å². The molecule has 1 aliphatic rings. The number of carbonyl (C=O) groups is 1. The standard InChI is InChI=1S/C13H19N3O/c1-10-5-3-4-6-12(10)16-8-7-15-11(9-16)13(17)14-2/h3-6,11,15H,7-9H2,1-2H3,(H,14,17). The van der Waals surface area contributed by atoms with Crippen LogP contribution in [0.4, 0.5) is 5.69 Å². The third kappa shape index (κ3) is 2.58. The van der Waals surface area contributed by atoms with Crippen molar-refractivity contribution in [2.45, 2.75) is 13.0 Å². The fourth-order valence-corrected chi connectivity index (χ4v) is 2.24. The quantitative estimate of drug-likeness (QED) is 0.782. The average molecular weight is 233 g/mol. The highest BCUT2D eigenvalue weighted by atomic mass is 16.2. The van der Waals surface area contributed by atoms with E-state index in [1.165, 1.54) is 11.3 Å². The number of likely N-dealkylation sites (N-methyl/N-ethyl adjacent to an activating group) is 1. The lowest BCUT2D eigenvalue weighted by atomic mass is 10.1. The molecule has 0 radical (unpaired) electrons. The van der Waals surface area contributed by atoms with Gasteiger partial charge in [-0.2, -0.15) is 0 Å². The Morgan fingerprint density at radius 3 is 2.94 bits per heavy atom. The molecule has 1 aromatic rings. The number of rotatable bonds is 2. The van der Waals surface area contributed by atoms with Crippen LogP contribution in [-0.4, -0.2) is 38.6 Å². The minimum atomic E-state index is -0.117. The highest BCUT2D eigenvalue weighted by molar-refractivity contribution is 5.82. The van der Waals surface area contributed by atoms with Gasteiger partial charge in [-0.15, -0.1) is 0 Å². The van der Waals surface area contributed by atoms with Crippen LogP contribution in [0.5, 0.6) is 0 Å². The summed E-state index contributed by atoms with van der Waals surface area (Å²) in [6.07, 6.45) is 0. The van der Waals surface area contributed by atoms with Crippen LogP contribution in [0, 0.1) is 6.92 Å². The van der Waals surface area contributed by atoms with Gasteiger partial charge < -0.3 is 15.5 Å². The van der Waals surface area contributed by atoms with E-state index in [2.05, 4.69) is 34.6 Å². The smallest absolute Gasteiger partial charge is 0.238 e. The van der Waals surface area contributed by atoms with Crippen molar-refractivity contribution in [3.05, 3.63) is 29.8 Å². The van der Waals surface area contributed by atoms with E-state index in [0.29, 0.717) is 0 Å². The Morgan fingerprint density at radius 2 is 2.24 bits per heavy atom. The third-order valence-electron chi connectivity index (χ3n) is 3.19. The van der Waals surface area contributed by atoms with Gasteiger partial charge in [0.1, 0.15) is 6.04 Å². The fourth-order valence-electron chi connectivity index (χ4n) is 2.24. The molecule has 0 spiro atoms. The number of carbonyl (C=O) groups excluding carboxylic acids is 1. The molecule has 92 valence electrons. The Morgan fingerprint density at radius 1 is 1.47 bits per heavy atom. The highest BCUT2D eigenvalue weighted by Crippen LogP contribution is 2.20. The number of nitrogens with one attached hydrogen (secondary N) is 2. The molecule has 1 aromatic carbocycles. The summed E-state index contributed by atoms with van der Waals surface area (Å²) in [4.78, 5) is 13.9. The van der Waals surface area contributed by atoms with E-state index in [4.69, 9.17) is 0 Å². The molecular formula is C13H19N3O. The van der Waals surface area contributed by atoms with Crippen molar-refractivity contribution in [3.63, 3.8) is 0 Å². The molecule has 1 fully saturated rings. The van der Waals surface area contributed by atoms with Crippen molar-refractivity contribution in [2.75, 3.05) is 31.6 Å². The zero-order chi connectivity index (χ0) is 12.3. The predicted octanol–water partition coefficient (Wildman–Crippen LogP) is 0.519. The maximum Gasteiger partial charge on any atom is 0.238 e. The molecule has 0 saturated carbocycles. The molecule has 0 aromatic heterocycles. The molecule has 1 aliphatic heterocycles. The normalized spacial score (nSPS) is 20.1. The first kappa shape index (κ1) is 11.9. The number of benzene rings is 1. The van der Waals surface area contributed by atoms with E-state index < -0.39 is 0 Å². The lowest BCUT2D eigenvalue weighted by molar-refractivity contribution is -0.122. The predicted molar refractivity (Wildman–Crippen MR) is 69.2 cm³/mol. The monoisotopic (exact) mass is 233 g/mol. The second-order valence-corrected chi connectivity index (χ2v) is 4.35. The molecule has 4 nitrogen and oxygen atoms in total. The van der Waals surface area contributed by atoms with E-state index in [1.807, 2.05) is 12.1 Å². The average Bonchev–Trinajstić information content (AvgIpc) is 2.38. The Kier molecular flexibility index (Phi) is 3.64. The van der Waals surface area contributed by atoms with Crippen molar-refractivity contribution in [3.8, 4) is 0 Å². The first-order valence-corrected chi connectivity index (χ1v) is 5.98. The van der Waals surface area contributed by atoms with Crippen LogP contribution in [0.1, 0.15) is 5.56 Å². The van der Waals surface area contributed by atoms with Crippen LogP contribution in [0.3, 0.4) is 0 Å². The number of para-hydroxylation sites is 1. The molecule has 4 heteroatoms. The fraction of sp³-hybridized carbons (Fsp3) is 0.462. The van der Waals surface area contributed by atoms with Gasteiger partial charge in [0.15, 0.2) is 0 Å². The van der Waals surface area contributed by atoms with Gasteiger partial charge in [0.25, 0.3) is 0 Å².